The Balaban J connectivity index is 2.15. The average Bonchev–Trinajstić information content (AvgIpc) is 2.66. The Hall–Kier alpha value is -2.11. The minimum absolute atomic E-state index is 0.103. The molecule has 0 atom stereocenters. The van der Waals surface area contributed by atoms with Crippen molar-refractivity contribution >= 4 is 8.15 Å². The molecule has 3 aromatic rings. The Morgan fingerprint density at radius 1 is 0.594 bits per heavy atom. The summed E-state index contributed by atoms with van der Waals surface area (Å²) in [6, 6.07) is 19.8. The molecule has 170 valence electrons. The molecule has 32 heavy (non-hydrogen) atoms. The molecule has 0 spiro atoms. The van der Waals surface area contributed by atoms with Crippen molar-refractivity contribution in [1.82, 2.24) is 0 Å². The Kier molecular flexibility index (Phi) is 6.92. The zero-order valence-corrected chi connectivity index (χ0v) is 22.4. The van der Waals surface area contributed by atoms with E-state index in [0.717, 1.165) is 5.75 Å². The average molecular weight is 447 g/mol. The Morgan fingerprint density at radius 3 is 1.66 bits per heavy atom. The molecule has 0 amide bonds. The quantitative estimate of drug-likeness (QED) is 0.362. The molecule has 3 aromatic carbocycles. The van der Waals surface area contributed by atoms with Gasteiger partial charge in [0.1, 0.15) is 5.75 Å². The first-order valence-corrected chi connectivity index (χ1v) is 12.8. The van der Waals surface area contributed by atoms with E-state index in [0.29, 0.717) is 0 Å². The van der Waals surface area contributed by atoms with Crippen molar-refractivity contribution in [2.24, 2.45) is 0 Å². The van der Waals surface area contributed by atoms with Crippen LogP contribution in [0.15, 0.2) is 54.6 Å². The van der Waals surface area contributed by atoms with Gasteiger partial charge in [0, 0.05) is 10.3 Å². The fraction of sp³-hybridized carbons (Fsp3) is 0.400. The minimum atomic E-state index is -0.679. The third kappa shape index (κ3) is 5.10. The number of rotatable bonds is 4. The van der Waals surface area contributed by atoms with Crippen LogP contribution in [0.5, 0.6) is 5.75 Å². The van der Waals surface area contributed by atoms with Crippen LogP contribution >= 0.6 is 8.15 Å². The first-order valence-electron chi connectivity index (χ1n) is 11.6. The molecule has 0 aromatic heterocycles. The zero-order chi connectivity index (χ0) is 23.8. The van der Waals surface area contributed by atoms with Crippen molar-refractivity contribution in [3.63, 3.8) is 0 Å². The summed E-state index contributed by atoms with van der Waals surface area (Å²) in [6.45, 7) is 22.6. The molecule has 0 radical (unpaired) electrons. The number of hydrogen-bond donors (Lipinski definition) is 0. The molecule has 0 saturated carbocycles. The predicted octanol–water partition coefficient (Wildman–Crippen LogP) is 9.63. The first kappa shape index (κ1) is 24.5. The van der Waals surface area contributed by atoms with E-state index in [1.165, 1.54) is 44.5 Å². The van der Waals surface area contributed by atoms with Gasteiger partial charge in [-0.1, -0.05) is 90.1 Å². The molecule has 0 saturated heterocycles. The van der Waals surface area contributed by atoms with E-state index in [4.69, 9.17) is 4.52 Å². The second-order valence-corrected chi connectivity index (χ2v) is 14.4. The standard InChI is InChI=1S/C30H39OP/c1-20-16-17-25(19-26(20)31-32(29(5,6)7)30(8,9)10)28-22(3)18-21(2)27(23(28)4)24-14-12-11-13-15-24/h11-19H,1-10H3. The molecule has 1 nitrogen and oxygen atoms in total. The maximum Gasteiger partial charge on any atom is 0.126 e. The summed E-state index contributed by atoms with van der Waals surface area (Å²) in [5, 5.41) is 0.207. The Bertz CT molecular complexity index is 1080. The summed E-state index contributed by atoms with van der Waals surface area (Å²) >= 11 is 0. The van der Waals surface area contributed by atoms with Gasteiger partial charge in [-0.2, -0.15) is 0 Å². The van der Waals surface area contributed by atoms with Gasteiger partial charge in [-0.15, -0.1) is 0 Å². The van der Waals surface area contributed by atoms with Crippen LogP contribution in [0.25, 0.3) is 22.3 Å². The third-order valence-corrected chi connectivity index (χ3v) is 8.74. The molecule has 0 fully saturated rings. The van der Waals surface area contributed by atoms with Crippen LogP contribution in [0.3, 0.4) is 0 Å². The van der Waals surface area contributed by atoms with Gasteiger partial charge in [-0.25, -0.2) is 0 Å². The van der Waals surface area contributed by atoms with Crippen molar-refractivity contribution in [2.75, 3.05) is 0 Å². The van der Waals surface area contributed by atoms with E-state index >= 15 is 0 Å². The van der Waals surface area contributed by atoms with Crippen LogP contribution in [-0.4, -0.2) is 10.3 Å². The van der Waals surface area contributed by atoms with Gasteiger partial charge < -0.3 is 4.52 Å². The van der Waals surface area contributed by atoms with Crippen molar-refractivity contribution < 1.29 is 4.52 Å². The van der Waals surface area contributed by atoms with Crippen molar-refractivity contribution in [3.05, 3.63) is 76.9 Å². The highest BCUT2D eigenvalue weighted by Crippen LogP contribution is 2.60. The smallest absolute Gasteiger partial charge is 0.126 e. The van der Waals surface area contributed by atoms with E-state index in [2.05, 4.69) is 124 Å². The molecule has 2 heteroatoms. The van der Waals surface area contributed by atoms with Gasteiger partial charge in [-0.05, 0) is 78.3 Å². The second kappa shape index (κ2) is 9.03. The molecular weight excluding hydrogens is 407 g/mol. The molecule has 3 rings (SSSR count). The van der Waals surface area contributed by atoms with Crippen LogP contribution < -0.4 is 4.52 Å². The van der Waals surface area contributed by atoms with E-state index in [9.17, 15) is 0 Å². The van der Waals surface area contributed by atoms with Crippen LogP contribution in [0.4, 0.5) is 0 Å². The molecule has 0 bridgehead atoms. The number of hydrogen-bond acceptors (Lipinski definition) is 1. The summed E-state index contributed by atoms with van der Waals surface area (Å²) < 4.78 is 6.82. The lowest BCUT2D eigenvalue weighted by Gasteiger charge is -2.40. The molecule has 0 aliphatic carbocycles. The SMILES string of the molecule is Cc1ccc(-c2c(C)cc(C)c(-c3ccccc3)c2C)cc1OP(C(C)(C)C)C(C)(C)C. The van der Waals surface area contributed by atoms with Crippen molar-refractivity contribution in [1.29, 1.82) is 0 Å². The van der Waals surface area contributed by atoms with Crippen LogP contribution in [-0.2, 0) is 0 Å². The summed E-state index contributed by atoms with van der Waals surface area (Å²) in [6.07, 6.45) is 0. The molecule has 0 unspecified atom stereocenters. The highest BCUT2D eigenvalue weighted by atomic mass is 31.1. The second-order valence-electron chi connectivity index (χ2n) is 11.0. The predicted molar refractivity (Wildman–Crippen MR) is 143 cm³/mol. The van der Waals surface area contributed by atoms with Gasteiger partial charge in [0.25, 0.3) is 0 Å². The maximum atomic E-state index is 6.82. The lowest BCUT2D eigenvalue weighted by Crippen LogP contribution is -2.27. The van der Waals surface area contributed by atoms with Gasteiger partial charge in [0.2, 0.25) is 0 Å². The van der Waals surface area contributed by atoms with Crippen molar-refractivity contribution in [3.8, 4) is 28.0 Å². The Morgan fingerprint density at radius 2 is 1.12 bits per heavy atom. The van der Waals surface area contributed by atoms with E-state index < -0.39 is 8.15 Å². The molecular formula is C30H39OP. The third-order valence-electron chi connectivity index (χ3n) is 5.92. The minimum Gasteiger partial charge on any atom is -0.473 e. The largest absolute Gasteiger partial charge is 0.473 e. The molecule has 0 aliphatic rings. The maximum absolute atomic E-state index is 6.82. The highest BCUT2D eigenvalue weighted by Gasteiger charge is 2.38. The molecule has 0 aliphatic heterocycles. The van der Waals surface area contributed by atoms with E-state index in [-0.39, 0.29) is 10.3 Å². The van der Waals surface area contributed by atoms with E-state index in [1.54, 1.807) is 0 Å². The summed E-state index contributed by atoms with van der Waals surface area (Å²) in [7, 11) is -0.679. The summed E-state index contributed by atoms with van der Waals surface area (Å²) in [5.41, 5.74) is 10.3. The first-order chi connectivity index (χ1) is 14.8. The monoisotopic (exact) mass is 446 g/mol. The zero-order valence-electron chi connectivity index (χ0n) is 21.6. The normalized spacial score (nSPS) is 12.3. The van der Waals surface area contributed by atoms with Gasteiger partial charge in [0.15, 0.2) is 0 Å². The number of benzene rings is 3. The lowest BCUT2D eigenvalue weighted by atomic mass is 9.86. The van der Waals surface area contributed by atoms with Crippen molar-refractivity contribution in [2.45, 2.75) is 79.5 Å². The fourth-order valence-corrected chi connectivity index (χ4v) is 7.86. The van der Waals surface area contributed by atoms with Crippen LogP contribution in [0.2, 0.25) is 0 Å². The summed E-state index contributed by atoms with van der Waals surface area (Å²) in [5.74, 6) is 1.01. The Labute approximate surface area is 197 Å². The van der Waals surface area contributed by atoms with Gasteiger partial charge >= 0.3 is 0 Å². The molecule has 0 N–H and O–H groups in total. The van der Waals surface area contributed by atoms with Crippen LogP contribution in [0, 0.1) is 27.7 Å². The number of aryl methyl sites for hydroxylation is 3. The highest BCUT2D eigenvalue weighted by molar-refractivity contribution is 7.56. The van der Waals surface area contributed by atoms with Gasteiger partial charge in [0.05, 0.1) is 8.15 Å². The fourth-order valence-electron chi connectivity index (χ4n) is 4.91. The van der Waals surface area contributed by atoms with Crippen LogP contribution in [0.1, 0.15) is 63.8 Å². The summed E-state index contributed by atoms with van der Waals surface area (Å²) in [4.78, 5) is 0. The topological polar surface area (TPSA) is 9.23 Å². The molecule has 0 heterocycles. The lowest BCUT2D eigenvalue weighted by molar-refractivity contribution is 0.530. The van der Waals surface area contributed by atoms with E-state index in [1.807, 2.05) is 0 Å². The van der Waals surface area contributed by atoms with Gasteiger partial charge in [-0.3, -0.25) is 0 Å².